The van der Waals surface area contributed by atoms with Crippen molar-refractivity contribution in [1.82, 2.24) is 4.90 Å². The molecule has 0 saturated carbocycles. The van der Waals surface area contributed by atoms with Crippen LogP contribution in [0.4, 0.5) is 0 Å². The van der Waals surface area contributed by atoms with Gasteiger partial charge < -0.3 is 9.74 Å². The molecule has 2 aliphatic heterocycles. The van der Waals surface area contributed by atoms with Gasteiger partial charge in [-0.1, -0.05) is 48.8 Å². The number of amides is 1. The van der Waals surface area contributed by atoms with Crippen LogP contribution < -0.4 is 0 Å². The van der Waals surface area contributed by atoms with Crippen LogP contribution in [0.2, 0.25) is 5.02 Å². The van der Waals surface area contributed by atoms with Crippen LogP contribution in [0.3, 0.4) is 0 Å². The van der Waals surface area contributed by atoms with E-state index < -0.39 is 5.60 Å². The van der Waals surface area contributed by atoms with E-state index in [2.05, 4.69) is 19.0 Å². The van der Waals surface area contributed by atoms with Crippen molar-refractivity contribution < 1.29 is 9.63 Å². The van der Waals surface area contributed by atoms with Crippen LogP contribution in [-0.4, -0.2) is 35.2 Å². The second-order valence-electron chi connectivity index (χ2n) is 7.17. The molecule has 1 aromatic rings. The number of nitrogens with zero attached hydrogens (tertiary/aromatic N) is 2. The molecule has 1 amide bonds. The number of piperidine rings is 1. The third-order valence-corrected chi connectivity index (χ3v) is 4.98. The number of oxime groups is 1. The molecule has 3 atom stereocenters. The second kappa shape index (κ2) is 6.16. The van der Waals surface area contributed by atoms with Crippen molar-refractivity contribution in [3.63, 3.8) is 0 Å². The van der Waals surface area contributed by atoms with Gasteiger partial charge in [0.15, 0.2) is 0 Å². The summed E-state index contributed by atoms with van der Waals surface area (Å²) in [5, 5.41) is 4.79. The summed E-state index contributed by atoms with van der Waals surface area (Å²) >= 11 is 6.23. The summed E-state index contributed by atoms with van der Waals surface area (Å²) < 4.78 is 0. The normalized spacial score (nSPS) is 30.8. The van der Waals surface area contributed by atoms with Crippen LogP contribution in [-0.2, 0) is 9.63 Å². The molecule has 5 heteroatoms. The maximum absolute atomic E-state index is 13.0. The molecule has 0 radical (unpaired) electrons. The summed E-state index contributed by atoms with van der Waals surface area (Å²) in [6.07, 6.45) is 1.62. The first-order valence-electron chi connectivity index (χ1n) is 8.18. The summed E-state index contributed by atoms with van der Waals surface area (Å²) in [5.41, 5.74) is 0.654. The van der Waals surface area contributed by atoms with Crippen molar-refractivity contribution in [3.8, 4) is 0 Å². The predicted octanol–water partition coefficient (Wildman–Crippen LogP) is 3.73. The van der Waals surface area contributed by atoms with Crippen molar-refractivity contribution >= 4 is 23.2 Å². The van der Waals surface area contributed by atoms with E-state index in [1.54, 1.807) is 0 Å². The smallest absolute Gasteiger partial charge is 0.269 e. The number of carbonyl (C=O) groups excluding carboxylic acids is 1. The Labute approximate surface area is 142 Å². The van der Waals surface area contributed by atoms with Crippen molar-refractivity contribution in [2.75, 3.05) is 13.1 Å². The van der Waals surface area contributed by atoms with Gasteiger partial charge in [-0.25, -0.2) is 0 Å². The quantitative estimate of drug-likeness (QED) is 0.827. The molecule has 3 rings (SSSR count). The summed E-state index contributed by atoms with van der Waals surface area (Å²) in [4.78, 5) is 20.5. The Kier molecular flexibility index (Phi) is 4.37. The minimum absolute atomic E-state index is 0.0294. The molecule has 0 spiro atoms. The van der Waals surface area contributed by atoms with E-state index in [1.807, 2.05) is 36.1 Å². The molecule has 124 valence electrons. The lowest BCUT2D eigenvalue weighted by Gasteiger charge is -2.38. The molecule has 2 heterocycles. The van der Waals surface area contributed by atoms with Crippen LogP contribution in [0.5, 0.6) is 0 Å². The van der Waals surface area contributed by atoms with E-state index in [9.17, 15) is 4.79 Å². The Morgan fingerprint density at radius 3 is 2.61 bits per heavy atom. The molecule has 0 aromatic heterocycles. The van der Waals surface area contributed by atoms with E-state index in [0.29, 0.717) is 23.3 Å². The maximum Gasteiger partial charge on any atom is 0.269 e. The molecule has 0 N–H and O–H groups in total. The molecular weight excluding hydrogens is 312 g/mol. The number of halogens is 1. The Balaban J connectivity index is 1.75. The fourth-order valence-electron chi connectivity index (χ4n) is 3.66. The molecule has 3 unspecified atom stereocenters. The van der Waals surface area contributed by atoms with Gasteiger partial charge in [0, 0.05) is 30.1 Å². The van der Waals surface area contributed by atoms with Crippen LogP contribution in [0.1, 0.15) is 39.2 Å². The molecule has 23 heavy (non-hydrogen) atoms. The van der Waals surface area contributed by atoms with Crippen LogP contribution in [0, 0.1) is 11.8 Å². The van der Waals surface area contributed by atoms with Gasteiger partial charge >= 0.3 is 0 Å². The van der Waals surface area contributed by atoms with Crippen molar-refractivity contribution in [1.29, 1.82) is 0 Å². The highest BCUT2D eigenvalue weighted by atomic mass is 35.5. The van der Waals surface area contributed by atoms with Gasteiger partial charge in [-0.15, -0.1) is 0 Å². The Hall–Kier alpha value is -1.55. The predicted molar refractivity (Wildman–Crippen MR) is 91.6 cm³/mol. The van der Waals surface area contributed by atoms with E-state index in [0.717, 1.165) is 24.4 Å². The minimum atomic E-state index is -0.925. The zero-order chi connectivity index (χ0) is 16.6. The second-order valence-corrected chi connectivity index (χ2v) is 7.58. The van der Waals surface area contributed by atoms with Crippen LogP contribution in [0.15, 0.2) is 29.4 Å². The monoisotopic (exact) mass is 334 g/mol. The number of hydrogen-bond donors (Lipinski definition) is 0. The summed E-state index contributed by atoms with van der Waals surface area (Å²) in [5.74, 6) is 1.08. The molecular formula is C18H23ClN2O2. The lowest BCUT2D eigenvalue weighted by atomic mass is 9.89. The fourth-order valence-corrected chi connectivity index (χ4v) is 3.90. The maximum atomic E-state index is 13.0. The fraction of sp³-hybridized carbons (Fsp3) is 0.556. The summed E-state index contributed by atoms with van der Waals surface area (Å²) in [6.45, 7) is 7.80. The van der Waals surface area contributed by atoms with E-state index in [4.69, 9.17) is 16.4 Å². The van der Waals surface area contributed by atoms with Gasteiger partial charge in [-0.05, 0) is 31.2 Å². The average Bonchev–Trinajstić information content (AvgIpc) is 2.89. The Morgan fingerprint density at radius 2 is 1.96 bits per heavy atom. The lowest BCUT2D eigenvalue weighted by Crippen LogP contribution is -2.52. The van der Waals surface area contributed by atoms with Crippen LogP contribution in [0.25, 0.3) is 0 Å². The Morgan fingerprint density at radius 1 is 1.30 bits per heavy atom. The first-order valence-corrected chi connectivity index (χ1v) is 8.56. The average molecular weight is 335 g/mol. The van der Waals surface area contributed by atoms with Gasteiger partial charge in [0.25, 0.3) is 5.91 Å². The van der Waals surface area contributed by atoms with Gasteiger partial charge in [0.05, 0.1) is 5.71 Å². The van der Waals surface area contributed by atoms with Gasteiger partial charge in [-0.2, -0.15) is 0 Å². The Bertz CT molecular complexity index is 636. The standard InChI is InChI=1S/C18H23ClN2O2/c1-12-8-13(2)11-21(10-12)17(22)18(3)9-16(20-23-18)14-6-4-5-7-15(14)19/h4-7,12-13H,8-11H2,1-3H3. The highest BCUT2D eigenvalue weighted by molar-refractivity contribution is 6.34. The van der Waals surface area contributed by atoms with Gasteiger partial charge in [-0.3, -0.25) is 4.79 Å². The van der Waals surface area contributed by atoms with Crippen molar-refractivity contribution in [2.24, 2.45) is 17.0 Å². The summed E-state index contributed by atoms with van der Waals surface area (Å²) in [7, 11) is 0. The molecule has 1 aromatic carbocycles. The number of carbonyl (C=O) groups is 1. The summed E-state index contributed by atoms with van der Waals surface area (Å²) in [6, 6.07) is 7.52. The topological polar surface area (TPSA) is 41.9 Å². The third kappa shape index (κ3) is 3.23. The third-order valence-electron chi connectivity index (χ3n) is 4.66. The van der Waals surface area contributed by atoms with Gasteiger partial charge in [0.1, 0.15) is 0 Å². The van der Waals surface area contributed by atoms with Crippen molar-refractivity contribution in [3.05, 3.63) is 34.9 Å². The lowest BCUT2D eigenvalue weighted by molar-refractivity contribution is -0.156. The van der Waals surface area contributed by atoms with Crippen molar-refractivity contribution in [2.45, 2.75) is 39.2 Å². The molecule has 0 bridgehead atoms. The van der Waals surface area contributed by atoms with E-state index >= 15 is 0 Å². The zero-order valence-electron chi connectivity index (χ0n) is 13.9. The van der Waals surface area contributed by atoms with Gasteiger partial charge in [0.2, 0.25) is 5.60 Å². The zero-order valence-corrected chi connectivity index (χ0v) is 14.6. The molecule has 1 fully saturated rings. The number of likely N-dealkylation sites (tertiary alicyclic amines) is 1. The first-order chi connectivity index (χ1) is 10.9. The number of benzene rings is 1. The number of rotatable bonds is 2. The highest BCUT2D eigenvalue weighted by Crippen LogP contribution is 2.32. The molecule has 1 saturated heterocycles. The largest absolute Gasteiger partial charge is 0.379 e. The molecule has 0 aliphatic carbocycles. The minimum Gasteiger partial charge on any atom is -0.379 e. The molecule has 2 aliphatic rings. The SMILES string of the molecule is CC1CC(C)CN(C(=O)C2(C)CC(c3ccccc3Cl)=NO2)C1. The number of hydrogen-bond acceptors (Lipinski definition) is 3. The van der Waals surface area contributed by atoms with E-state index in [1.165, 1.54) is 6.42 Å². The highest BCUT2D eigenvalue weighted by Gasteiger charge is 2.46. The first kappa shape index (κ1) is 16.3. The van der Waals surface area contributed by atoms with Crippen LogP contribution >= 0.6 is 11.6 Å². The molecule has 4 nitrogen and oxygen atoms in total. The van der Waals surface area contributed by atoms with E-state index in [-0.39, 0.29) is 5.91 Å².